The Kier molecular flexibility index (Phi) is 8.21. The van der Waals surface area contributed by atoms with Gasteiger partial charge in [0.1, 0.15) is 6.61 Å². The average molecular weight is 415 g/mol. The van der Waals surface area contributed by atoms with Gasteiger partial charge in [-0.15, -0.1) is 0 Å². The third-order valence-corrected chi connectivity index (χ3v) is 5.13. The van der Waals surface area contributed by atoms with Crippen molar-refractivity contribution >= 4 is 23.9 Å². The molecule has 0 aromatic heterocycles. The lowest BCUT2D eigenvalue weighted by molar-refractivity contribution is -0.155. The fourth-order valence-electron chi connectivity index (χ4n) is 3.36. The van der Waals surface area contributed by atoms with E-state index in [-0.39, 0.29) is 24.5 Å². The van der Waals surface area contributed by atoms with Crippen molar-refractivity contribution in [3.05, 3.63) is 42.5 Å². The monoisotopic (exact) mass is 415 g/mol. The predicted octanol–water partition coefficient (Wildman–Crippen LogP) is 3.43. The zero-order valence-electron chi connectivity index (χ0n) is 17.7. The molecule has 1 N–H and O–H groups in total. The van der Waals surface area contributed by atoms with Gasteiger partial charge in [-0.2, -0.15) is 0 Å². The first-order valence-electron chi connectivity index (χ1n) is 9.90. The lowest BCUT2D eigenvalue weighted by Gasteiger charge is -2.35. The second-order valence-corrected chi connectivity index (χ2v) is 7.57. The fraction of sp³-hybridized carbons (Fsp3) is 0.435. The second-order valence-electron chi connectivity index (χ2n) is 7.57. The first-order valence-corrected chi connectivity index (χ1v) is 9.90. The van der Waals surface area contributed by atoms with Crippen molar-refractivity contribution in [2.24, 2.45) is 5.41 Å². The van der Waals surface area contributed by atoms with Crippen LogP contribution in [0.15, 0.2) is 36.9 Å². The van der Waals surface area contributed by atoms with Gasteiger partial charge in [0.25, 0.3) is 0 Å². The molecule has 1 aromatic rings. The Morgan fingerprint density at radius 3 is 2.53 bits per heavy atom. The lowest BCUT2D eigenvalue weighted by atomic mass is 9.74. The summed E-state index contributed by atoms with van der Waals surface area (Å²) in [4.78, 5) is 35.6. The minimum Gasteiger partial charge on any atom is -0.493 e. The number of benzene rings is 1. The topological polar surface area (TPSA) is 90.9 Å². The van der Waals surface area contributed by atoms with E-state index in [1.165, 1.54) is 20.1 Å². The molecule has 1 aliphatic carbocycles. The van der Waals surface area contributed by atoms with Crippen molar-refractivity contribution in [3.63, 3.8) is 0 Å². The summed E-state index contributed by atoms with van der Waals surface area (Å²) in [6.45, 7) is 6.99. The third kappa shape index (κ3) is 6.47. The van der Waals surface area contributed by atoms with Gasteiger partial charge in [-0.3, -0.25) is 14.4 Å². The van der Waals surface area contributed by atoms with Crippen LogP contribution in [0.25, 0.3) is 6.08 Å². The first-order chi connectivity index (χ1) is 14.3. The molecule has 1 saturated carbocycles. The van der Waals surface area contributed by atoms with Gasteiger partial charge < -0.3 is 19.5 Å². The molecule has 1 aliphatic rings. The van der Waals surface area contributed by atoms with Gasteiger partial charge in [-0.1, -0.05) is 18.7 Å². The van der Waals surface area contributed by atoms with Gasteiger partial charge in [0.15, 0.2) is 11.5 Å². The quantitative estimate of drug-likeness (QED) is 0.303. The highest BCUT2D eigenvalue weighted by atomic mass is 16.6. The normalized spacial score (nSPS) is 21.0. The van der Waals surface area contributed by atoms with Crippen LogP contribution in [0.3, 0.4) is 0 Å². The number of carbonyl (C=O) groups excluding carboxylic acids is 3. The lowest BCUT2D eigenvalue weighted by Crippen LogP contribution is -2.42. The molecule has 7 nitrogen and oxygen atoms in total. The SMILES string of the molecule is C=CCOC(=O)C1(C)CCC(NC(=O)C=Cc2ccc(OC(C)=O)c(OC)c2)CC1. The Hall–Kier alpha value is -3.09. The van der Waals surface area contributed by atoms with Crippen molar-refractivity contribution in [1.29, 1.82) is 0 Å². The van der Waals surface area contributed by atoms with Gasteiger partial charge in [0.2, 0.25) is 5.91 Å². The highest BCUT2D eigenvalue weighted by Gasteiger charge is 2.39. The van der Waals surface area contributed by atoms with E-state index in [9.17, 15) is 14.4 Å². The minimum atomic E-state index is -0.514. The van der Waals surface area contributed by atoms with Crippen molar-refractivity contribution in [3.8, 4) is 11.5 Å². The highest BCUT2D eigenvalue weighted by molar-refractivity contribution is 5.92. The molecular weight excluding hydrogens is 386 g/mol. The molecule has 7 heteroatoms. The molecule has 1 fully saturated rings. The average Bonchev–Trinajstić information content (AvgIpc) is 2.72. The van der Waals surface area contributed by atoms with Crippen LogP contribution in [0.1, 0.15) is 45.1 Å². The Bertz CT molecular complexity index is 821. The van der Waals surface area contributed by atoms with Crippen LogP contribution in [-0.4, -0.2) is 37.6 Å². The first kappa shape index (κ1) is 23.2. The number of nitrogens with one attached hydrogen (secondary N) is 1. The Morgan fingerprint density at radius 2 is 1.93 bits per heavy atom. The predicted molar refractivity (Wildman–Crippen MR) is 113 cm³/mol. The van der Waals surface area contributed by atoms with Crippen molar-refractivity contribution < 1.29 is 28.6 Å². The number of ether oxygens (including phenoxy) is 3. The molecule has 0 heterocycles. The number of hydrogen-bond donors (Lipinski definition) is 1. The fourth-order valence-corrected chi connectivity index (χ4v) is 3.36. The van der Waals surface area contributed by atoms with Gasteiger partial charge in [-0.05, 0) is 56.4 Å². The van der Waals surface area contributed by atoms with Gasteiger partial charge in [0.05, 0.1) is 12.5 Å². The third-order valence-electron chi connectivity index (χ3n) is 5.13. The van der Waals surface area contributed by atoms with Crippen molar-refractivity contribution in [2.45, 2.75) is 45.6 Å². The van der Waals surface area contributed by atoms with Crippen LogP contribution in [0, 0.1) is 5.41 Å². The summed E-state index contributed by atoms with van der Waals surface area (Å²) in [6, 6.07) is 5.04. The highest BCUT2D eigenvalue weighted by Crippen LogP contribution is 2.37. The molecule has 2 rings (SSSR count). The summed E-state index contributed by atoms with van der Waals surface area (Å²) in [5.41, 5.74) is 0.222. The summed E-state index contributed by atoms with van der Waals surface area (Å²) in [6.07, 6.45) is 7.41. The largest absolute Gasteiger partial charge is 0.493 e. The Morgan fingerprint density at radius 1 is 1.23 bits per heavy atom. The number of hydrogen-bond acceptors (Lipinski definition) is 6. The van der Waals surface area contributed by atoms with Crippen molar-refractivity contribution in [1.82, 2.24) is 5.32 Å². The van der Waals surface area contributed by atoms with Crippen LogP contribution >= 0.6 is 0 Å². The molecule has 1 amide bonds. The Labute approximate surface area is 177 Å². The molecule has 0 saturated heterocycles. The van der Waals surface area contributed by atoms with Crippen LogP contribution in [0.4, 0.5) is 0 Å². The van der Waals surface area contributed by atoms with E-state index in [1.54, 1.807) is 30.4 Å². The second kappa shape index (κ2) is 10.6. The molecule has 0 aliphatic heterocycles. The van der Waals surface area contributed by atoms with Crippen LogP contribution in [0.2, 0.25) is 0 Å². The molecule has 1 aromatic carbocycles. The number of methoxy groups -OCH3 is 1. The van der Waals surface area contributed by atoms with Gasteiger partial charge in [-0.25, -0.2) is 0 Å². The summed E-state index contributed by atoms with van der Waals surface area (Å²) in [5.74, 6) is -0.126. The molecule has 0 radical (unpaired) electrons. The summed E-state index contributed by atoms with van der Waals surface area (Å²) in [7, 11) is 1.48. The maximum atomic E-state index is 12.3. The minimum absolute atomic E-state index is 0.0170. The van der Waals surface area contributed by atoms with E-state index >= 15 is 0 Å². The number of amides is 1. The van der Waals surface area contributed by atoms with Crippen molar-refractivity contribution in [2.75, 3.05) is 13.7 Å². The van der Waals surface area contributed by atoms with Crippen LogP contribution in [-0.2, 0) is 19.1 Å². The van der Waals surface area contributed by atoms with Crippen LogP contribution < -0.4 is 14.8 Å². The molecule has 30 heavy (non-hydrogen) atoms. The zero-order valence-corrected chi connectivity index (χ0v) is 17.7. The molecule has 162 valence electrons. The Balaban J connectivity index is 1.89. The van der Waals surface area contributed by atoms with E-state index in [0.29, 0.717) is 37.2 Å². The number of carbonyl (C=O) groups is 3. The zero-order chi connectivity index (χ0) is 22.1. The summed E-state index contributed by atoms with van der Waals surface area (Å²) < 4.78 is 15.5. The van der Waals surface area contributed by atoms with Gasteiger partial charge >= 0.3 is 11.9 Å². The molecule has 0 spiro atoms. The smallest absolute Gasteiger partial charge is 0.312 e. The standard InChI is InChI=1S/C23H29NO6/c1-5-14-29-22(27)23(3)12-10-18(11-13-23)24-21(26)9-7-17-6-8-19(30-16(2)25)20(15-17)28-4/h5-9,15,18H,1,10-14H2,2-4H3,(H,24,26). The molecular formula is C23H29NO6. The molecule has 0 bridgehead atoms. The number of rotatable bonds is 8. The van der Waals surface area contributed by atoms with E-state index in [2.05, 4.69) is 11.9 Å². The van der Waals surface area contributed by atoms with E-state index in [4.69, 9.17) is 14.2 Å². The van der Waals surface area contributed by atoms with E-state index in [0.717, 1.165) is 5.56 Å². The molecule has 0 unspecified atom stereocenters. The summed E-state index contributed by atoms with van der Waals surface area (Å²) in [5, 5.41) is 2.98. The van der Waals surface area contributed by atoms with E-state index in [1.807, 2.05) is 6.92 Å². The number of esters is 2. The van der Waals surface area contributed by atoms with E-state index < -0.39 is 11.4 Å². The van der Waals surface area contributed by atoms with Gasteiger partial charge in [0, 0.05) is 19.0 Å². The molecule has 0 atom stereocenters. The maximum absolute atomic E-state index is 12.3. The van der Waals surface area contributed by atoms with Crippen LogP contribution in [0.5, 0.6) is 11.5 Å². The summed E-state index contributed by atoms with van der Waals surface area (Å²) >= 11 is 0. The maximum Gasteiger partial charge on any atom is 0.312 e.